The Hall–Kier alpha value is -2.28. The molecule has 0 bridgehead atoms. The number of nitrogens with zero attached hydrogens (tertiary/aromatic N) is 1. The van der Waals surface area contributed by atoms with E-state index in [1.165, 1.54) is 0 Å². The number of likely N-dealkylation sites (N-methyl/N-ethyl adjacent to an activating group) is 1. The summed E-state index contributed by atoms with van der Waals surface area (Å²) in [5, 5.41) is 5.74. The molecule has 0 unspecified atom stereocenters. The van der Waals surface area contributed by atoms with E-state index in [9.17, 15) is 9.59 Å². The van der Waals surface area contributed by atoms with Crippen molar-refractivity contribution < 1.29 is 19.1 Å². The van der Waals surface area contributed by atoms with Crippen molar-refractivity contribution in [3.05, 3.63) is 23.8 Å². The predicted octanol–water partition coefficient (Wildman–Crippen LogP) is 1.42. The van der Waals surface area contributed by atoms with Crippen molar-refractivity contribution in [2.24, 2.45) is 5.92 Å². The highest BCUT2D eigenvalue weighted by atomic mass is 16.5. The smallest absolute Gasteiger partial charge is 0.251 e. The quantitative estimate of drug-likeness (QED) is 0.683. The van der Waals surface area contributed by atoms with Gasteiger partial charge in [-0.2, -0.15) is 0 Å². The molecule has 7 heteroatoms. The number of ether oxygens (including phenoxy) is 2. The van der Waals surface area contributed by atoms with Gasteiger partial charge in [-0.3, -0.25) is 9.59 Å². The number of amides is 2. The van der Waals surface area contributed by atoms with E-state index in [2.05, 4.69) is 24.5 Å². The lowest BCUT2D eigenvalue weighted by atomic mass is 10.1. The molecule has 1 heterocycles. The first-order valence-corrected chi connectivity index (χ1v) is 8.96. The molecule has 1 aromatic carbocycles. The molecule has 1 aromatic rings. The Balaban J connectivity index is 2.03. The minimum atomic E-state index is -0.157. The second kappa shape index (κ2) is 9.43. The Bertz CT molecular complexity index is 633. The molecule has 0 fully saturated rings. The number of methoxy groups -OCH3 is 1. The van der Waals surface area contributed by atoms with E-state index in [-0.39, 0.29) is 17.9 Å². The van der Waals surface area contributed by atoms with E-state index >= 15 is 0 Å². The van der Waals surface area contributed by atoms with Crippen LogP contribution < -0.4 is 20.3 Å². The third kappa shape index (κ3) is 5.36. The molecule has 1 aliphatic rings. The number of carbonyl (C=O) groups is 2. The molecular formula is C19H29N3O4. The van der Waals surface area contributed by atoms with Crippen molar-refractivity contribution in [3.8, 4) is 5.75 Å². The first kappa shape index (κ1) is 20.0. The van der Waals surface area contributed by atoms with Crippen molar-refractivity contribution >= 4 is 17.5 Å². The van der Waals surface area contributed by atoms with E-state index in [1.807, 2.05) is 11.9 Å². The fourth-order valence-electron chi connectivity index (χ4n) is 2.72. The molecule has 2 N–H and O–H groups in total. The second-order valence-corrected chi connectivity index (χ2v) is 6.91. The standard InChI is InChI=1S/C19H29N3O4/c1-13(2)11-21-18(23)10-15-12-26-17-6-5-14(9-16(17)22(15)3)19(24)20-7-8-25-4/h5-6,9,13,15H,7-8,10-12H2,1-4H3,(H,20,24)(H,21,23)/t15-/m0/s1. The van der Waals surface area contributed by atoms with Gasteiger partial charge in [0, 0.05) is 32.8 Å². The van der Waals surface area contributed by atoms with Crippen LogP contribution in [0.1, 0.15) is 30.6 Å². The molecule has 2 rings (SSSR count). The van der Waals surface area contributed by atoms with Crippen molar-refractivity contribution in [2.75, 3.05) is 45.4 Å². The second-order valence-electron chi connectivity index (χ2n) is 6.91. The number of rotatable bonds is 8. The van der Waals surface area contributed by atoms with Gasteiger partial charge in [-0.1, -0.05) is 13.8 Å². The van der Waals surface area contributed by atoms with Crippen molar-refractivity contribution in [1.82, 2.24) is 10.6 Å². The predicted molar refractivity (Wildman–Crippen MR) is 101 cm³/mol. The van der Waals surface area contributed by atoms with Gasteiger partial charge in [0.2, 0.25) is 5.91 Å². The number of nitrogens with one attached hydrogen (secondary N) is 2. The van der Waals surface area contributed by atoms with Crippen LogP contribution in [0.25, 0.3) is 0 Å². The number of fused-ring (bicyclic) bond motifs is 1. The van der Waals surface area contributed by atoms with Gasteiger partial charge in [0.05, 0.1) is 24.8 Å². The van der Waals surface area contributed by atoms with Gasteiger partial charge in [-0.05, 0) is 24.1 Å². The van der Waals surface area contributed by atoms with Crippen molar-refractivity contribution in [3.63, 3.8) is 0 Å². The van der Waals surface area contributed by atoms with Crippen LogP contribution in [-0.4, -0.2) is 58.3 Å². The lowest BCUT2D eigenvalue weighted by molar-refractivity contribution is -0.121. The Morgan fingerprint density at radius 2 is 2.12 bits per heavy atom. The minimum Gasteiger partial charge on any atom is -0.489 e. The average molecular weight is 363 g/mol. The number of hydrogen-bond acceptors (Lipinski definition) is 5. The maximum atomic E-state index is 12.2. The summed E-state index contributed by atoms with van der Waals surface area (Å²) >= 11 is 0. The average Bonchev–Trinajstić information content (AvgIpc) is 2.62. The molecule has 144 valence electrons. The molecule has 0 aliphatic carbocycles. The molecule has 1 aliphatic heterocycles. The molecule has 0 saturated carbocycles. The highest BCUT2D eigenvalue weighted by molar-refractivity contribution is 5.95. The zero-order chi connectivity index (χ0) is 19.1. The van der Waals surface area contributed by atoms with E-state index in [4.69, 9.17) is 9.47 Å². The molecule has 26 heavy (non-hydrogen) atoms. The van der Waals surface area contributed by atoms with Gasteiger partial charge in [0.25, 0.3) is 5.91 Å². The van der Waals surface area contributed by atoms with Crippen LogP contribution in [0.3, 0.4) is 0 Å². The monoisotopic (exact) mass is 363 g/mol. The summed E-state index contributed by atoms with van der Waals surface area (Å²) in [5.41, 5.74) is 1.37. The van der Waals surface area contributed by atoms with Crippen LogP contribution in [0.5, 0.6) is 5.75 Å². The third-order valence-corrected chi connectivity index (χ3v) is 4.30. The van der Waals surface area contributed by atoms with Crippen LogP contribution in [0, 0.1) is 5.92 Å². The molecular weight excluding hydrogens is 334 g/mol. The van der Waals surface area contributed by atoms with Crippen LogP contribution >= 0.6 is 0 Å². The molecule has 0 aromatic heterocycles. The summed E-state index contributed by atoms with van der Waals surface area (Å²) in [7, 11) is 3.52. The number of anilines is 1. The summed E-state index contributed by atoms with van der Waals surface area (Å²) in [6.07, 6.45) is 0.354. The zero-order valence-corrected chi connectivity index (χ0v) is 16.0. The van der Waals surface area contributed by atoms with Gasteiger partial charge >= 0.3 is 0 Å². The Morgan fingerprint density at radius 3 is 2.81 bits per heavy atom. The van der Waals surface area contributed by atoms with E-state index in [1.54, 1.807) is 25.3 Å². The van der Waals surface area contributed by atoms with Crippen molar-refractivity contribution in [1.29, 1.82) is 0 Å². The fraction of sp³-hybridized carbons (Fsp3) is 0.579. The van der Waals surface area contributed by atoms with Gasteiger partial charge < -0.3 is 25.0 Å². The SMILES string of the molecule is COCCNC(=O)c1ccc2c(c1)N(C)[C@@H](CC(=O)NCC(C)C)CO2. The Morgan fingerprint density at radius 1 is 1.35 bits per heavy atom. The van der Waals surface area contributed by atoms with Gasteiger partial charge in [0.15, 0.2) is 0 Å². The van der Waals surface area contributed by atoms with Crippen LogP contribution in [0.15, 0.2) is 18.2 Å². The summed E-state index contributed by atoms with van der Waals surface area (Å²) in [5.74, 6) is 0.991. The Labute approximate surface area is 155 Å². The van der Waals surface area contributed by atoms with Crippen LogP contribution in [0.2, 0.25) is 0 Å². The Kier molecular flexibility index (Phi) is 7.26. The fourth-order valence-corrected chi connectivity index (χ4v) is 2.72. The highest BCUT2D eigenvalue weighted by Crippen LogP contribution is 2.34. The van der Waals surface area contributed by atoms with Gasteiger partial charge in [-0.15, -0.1) is 0 Å². The molecule has 1 atom stereocenters. The minimum absolute atomic E-state index is 0.0102. The van der Waals surface area contributed by atoms with E-state index < -0.39 is 0 Å². The highest BCUT2D eigenvalue weighted by Gasteiger charge is 2.27. The van der Waals surface area contributed by atoms with Gasteiger partial charge in [0.1, 0.15) is 12.4 Å². The number of hydrogen-bond donors (Lipinski definition) is 2. The summed E-state index contributed by atoms with van der Waals surface area (Å²) in [4.78, 5) is 26.4. The van der Waals surface area contributed by atoms with Gasteiger partial charge in [-0.25, -0.2) is 0 Å². The van der Waals surface area contributed by atoms with Crippen LogP contribution in [-0.2, 0) is 9.53 Å². The summed E-state index contributed by atoms with van der Waals surface area (Å²) in [6.45, 7) is 6.15. The maximum Gasteiger partial charge on any atom is 0.251 e. The third-order valence-electron chi connectivity index (χ3n) is 4.30. The molecule has 0 radical (unpaired) electrons. The summed E-state index contributed by atoms with van der Waals surface area (Å²) < 4.78 is 10.7. The lowest BCUT2D eigenvalue weighted by Crippen LogP contribution is -2.44. The maximum absolute atomic E-state index is 12.2. The molecule has 0 spiro atoms. The van der Waals surface area contributed by atoms with Crippen molar-refractivity contribution in [2.45, 2.75) is 26.3 Å². The normalized spacial score (nSPS) is 16.0. The lowest BCUT2D eigenvalue weighted by Gasteiger charge is -2.35. The first-order chi connectivity index (χ1) is 12.4. The largest absolute Gasteiger partial charge is 0.489 e. The topological polar surface area (TPSA) is 79.9 Å². The van der Waals surface area contributed by atoms with E-state index in [0.29, 0.717) is 44.2 Å². The molecule has 0 saturated heterocycles. The zero-order valence-electron chi connectivity index (χ0n) is 16.0. The first-order valence-electron chi connectivity index (χ1n) is 8.96. The summed E-state index contributed by atoms with van der Waals surface area (Å²) in [6, 6.07) is 5.27. The number of benzene rings is 1. The van der Waals surface area contributed by atoms with E-state index in [0.717, 1.165) is 11.4 Å². The molecule has 7 nitrogen and oxygen atoms in total. The molecule has 2 amide bonds. The van der Waals surface area contributed by atoms with Crippen LogP contribution in [0.4, 0.5) is 5.69 Å². The number of carbonyl (C=O) groups excluding carboxylic acids is 2.